The highest BCUT2D eigenvalue weighted by Gasteiger charge is 2.35. The van der Waals surface area contributed by atoms with E-state index in [2.05, 4.69) is 15.4 Å². The number of carbonyl (C=O) groups excluding carboxylic acids is 1. The number of anilines is 1. The van der Waals surface area contributed by atoms with Gasteiger partial charge in [-0.25, -0.2) is 9.59 Å². The lowest BCUT2D eigenvalue weighted by Gasteiger charge is -2.31. The van der Waals surface area contributed by atoms with Crippen molar-refractivity contribution in [1.82, 2.24) is 19.8 Å². The first kappa shape index (κ1) is 22.8. The van der Waals surface area contributed by atoms with Gasteiger partial charge in [-0.3, -0.25) is 9.36 Å². The number of nitrogens with two attached hydrogens (primary N) is 3. The van der Waals surface area contributed by atoms with Crippen molar-refractivity contribution in [2.75, 3.05) is 19.3 Å². The monoisotopic (exact) mass is 422 g/mol. The Labute approximate surface area is 172 Å². The number of carbonyl (C=O) groups is 2. The number of aliphatic carboxylic acids is 1. The van der Waals surface area contributed by atoms with Gasteiger partial charge >= 0.3 is 11.7 Å². The molecule has 1 aromatic rings. The van der Waals surface area contributed by atoms with Gasteiger partial charge in [0.2, 0.25) is 5.91 Å². The number of hydrogen-bond acceptors (Lipinski definition) is 9. The molecule has 164 valence electrons. The molecule has 0 aromatic carbocycles. The average Bonchev–Trinajstić information content (AvgIpc) is 2.67. The van der Waals surface area contributed by atoms with Crippen molar-refractivity contribution in [1.29, 1.82) is 0 Å². The normalized spacial score (nSPS) is 22.0. The highest BCUT2D eigenvalue weighted by Crippen LogP contribution is 2.20. The number of hydrazone groups is 1. The topological polar surface area (TPSA) is 204 Å². The van der Waals surface area contributed by atoms with E-state index in [1.54, 1.807) is 11.9 Å². The predicted octanol–water partition coefficient (Wildman–Crippen LogP) is -2.21. The second-order valence-electron chi connectivity index (χ2n) is 6.80. The second kappa shape index (κ2) is 10.4. The maximum Gasteiger partial charge on any atom is 0.351 e. The maximum atomic E-state index is 12.3. The fourth-order valence-electron chi connectivity index (χ4n) is 2.84. The number of aromatic nitrogens is 2. The molecule has 2 heterocycles. The summed E-state index contributed by atoms with van der Waals surface area (Å²) in [5.74, 6) is 3.38. The van der Waals surface area contributed by atoms with Crippen LogP contribution in [0.3, 0.4) is 0 Å². The van der Waals surface area contributed by atoms with Gasteiger partial charge in [0.05, 0.1) is 6.04 Å². The van der Waals surface area contributed by atoms with Crippen LogP contribution in [0.4, 0.5) is 5.82 Å². The lowest BCUT2D eigenvalue weighted by Crippen LogP contribution is -2.51. The average molecular weight is 422 g/mol. The summed E-state index contributed by atoms with van der Waals surface area (Å²) in [6.07, 6.45) is 3.81. The first-order valence-corrected chi connectivity index (χ1v) is 9.11. The van der Waals surface area contributed by atoms with Crippen LogP contribution in [0.5, 0.6) is 0 Å². The van der Waals surface area contributed by atoms with Crippen LogP contribution in [-0.2, 0) is 14.3 Å². The molecule has 2 rings (SSSR count). The summed E-state index contributed by atoms with van der Waals surface area (Å²) in [5.41, 5.74) is 10.7. The molecule has 0 radical (unpaired) electrons. The Kier molecular flexibility index (Phi) is 7.89. The molecule has 1 aliphatic heterocycles. The number of nitrogens with zero attached hydrogens (tertiary/aromatic N) is 4. The van der Waals surface area contributed by atoms with Gasteiger partial charge in [0.1, 0.15) is 12.2 Å². The van der Waals surface area contributed by atoms with E-state index < -0.39 is 42.0 Å². The molecule has 0 saturated carbocycles. The van der Waals surface area contributed by atoms with Crippen LogP contribution >= 0.6 is 0 Å². The lowest BCUT2D eigenvalue weighted by molar-refractivity contribution is -0.159. The van der Waals surface area contributed by atoms with Crippen LogP contribution in [0.25, 0.3) is 0 Å². The molecule has 0 fully saturated rings. The predicted molar refractivity (Wildman–Crippen MR) is 108 cm³/mol. The molecule has 0 aliphatic carbocycles. The first-order chi connectivity index (χ1) is 14.2. The molecule has 1 aromatic heterocycles. The van der Waals surface area contributed by atoms with E-state index in [9.17, 15) is 19.5 Å². The lowest BCUT2D eigenvalue weighted by atomic mass is 10.1. The zero-order valence-corrected chi connectivity index (χ0v) is 16.4. The third kappa shape index (κ3) is 6.28. The summed E-state index contributed by atoms with van der Waals surface area (Å²) < 4.78 is 6.59. The number of nitrogen functional groups attached to an aromatic ring is 1. The third-order valence-electron chi connectivity index (χ3n) is 4.36. The Morgan fingerprint density at radius 2 is 2.23 bits per heavy atom. The van der Waals surface area contributed by atoms with Crippen molar-refractivity contribution in [3.05, 3.63) is 34.9 Å². The van der Waals surface area contributed by atoms with Crippen LogP contribution < -0.4 is 28.3 Å². The SMILES string of the molecule is CN(C=NN)CC[C@H](N)CC(=O)N[C@H]1C=C[C@H](n2ccc(N)nc2=O)O[C@@H]1C(=O)O. The smallest absolute Gasteiger partial charge is 0.351 e. The molecule has 8 N–H and O–H groups in total. The van der Waals surface area contributed by atoms with Gasteiger partial charge in [-0.15, -0.1) is 0 Å². The number of nitrogens with one attached hydrogen (secondary N) is 1. The van der Waals surface area contributed by atoms with E-state index in [0.29, 0.717) is 13.0 Å². The molecule has 30 heavy (non-hydrogen) atoms. The van der Waals surface area contributed by atoms with Crippen molar-refractivity contribution in [2.45, 2.75) is 37.3 Å². The molecule has 0 bridgehead atoms. The Morgan fingerprint density at radius 3 is 2.87 bits per heavy atom. The first-order valence-electron chi connectivity index (χ1n) is 9.11. The van der Waals surface area contributed by atoms with Gasteiger partial charge in [0.15, 0.2) is 12.3 Å². The van der Waals surface area contributed by atoms with Crippen molar-refractivity contribution in [3.63, 3.8) is 0 Å². The van der Waals surface area contributed by atoms with E-state index in [1.807, 2.05) is 0 Å². The van der Waals surface area contributed by atoms with Crippen LogP contribution in [0.1, 0.15) is 19.1 Å². The van der Waals surface area contributed by atoms with Crippen LogP contribution in [0.15, 0.2) is 34.3 Å². The molecule has 1 amide bonds. The Balaban J connectivity index is 2.00. The van der Waals surface area contributed by atoms with E-state index in [4.69, 9.17) is 22.0 Å². The number of hydrogen-bond donors (Lipinski definition) is 5. The molecule has 13 nitrogen and oxygen atoms in total. The number of carboxylic acid groups (broad SMARTS) is 1. The van der Waals surface area contributed by atoms with E-state index in [-0.39, 0.29) is 12.2 Å². The largest absolute Gasteiger partial charge is 0.479 e. The highest BCUT2D eigenvalue weighted by atomic mass is 16.5. The molecule has 0 saturated heterocycles. The number of carboxylic acids is 1. The fraction of sp³-hybridized carbons (Fsp3) is 0.471. The Bertz CT molecular complexity index is 870. The van der Waals surface area contributed by atoms with Crippen molar-refractivity contribution < 1.29 is 19.4 Å². The van der Waals surface area contributed by atoms with Gasteiger partial charge in [-0.05, 0) is 18.6 Å². The summed E-state index contributed by atoms with van der Waals surface area (Å²) >= 11 is 0. The number of amides is 1. The van der Waals surface area contributed by atoms with Crippen molar-refractivity contribution in [3.8, 4) is 0 Å². The van der Waals surface area contributed by atoms with E-state index in [0.717, 1.165) is 4.57 Å². The van der Waals surface area contributed by atoms with Crippen LogP contribution in [0.2, 0.25) is 0 Å². The maximum absolute atomic E-state index is 12.3. The molecule has 1 aliphatic rings. The Morgan fingerprint density at radius 1 is 1.50 bits per heavy atom. The summed E-state index contributed by atoms with van der Waals surface area (Å²) in [5, 5.41) is 15.5. The minimum atomic E-state index is -1.41. The highest BCUT2D eigenvalue weighted by molar-refractivity contribution is 5.80. The zero-order valence-electron chi connectivity index (χ0n) is 16.4. The minimum absolute atomic E-state index is 0.00491. The summed E-state index contributed by atoms with van der Waals surface area (Å²) in [4.78, 5) is 41.2. The minimum Gasteiger partial charge on any atom is -0.479 e. The molecular formula is C17H26N8O5. The van der Waals surface area contributed by atoms with E-state index in [1.165, 1.54) is 30.8 Å². The Hall–Kier alpha value is -3.45. The standard InChI is InChI=1S/C17H26N8O5/c1-24(9-21-20)6-4-10(18)8-13(26)22-11-2-3-14(30-15(11)16(27)28)25-7-5-12(19)23-17(25)29/h2-3,5,7,9-11,14-15H,4,6,8,18,20H2,1H3,(H,22,26)(H,27,28)(H2,19,23,29)/t10-,11-,14+,15-/m0/s1. The summed E-state index contributed by atoms with van der Waals surface area (Å²) in [6, 6.07) is 0.0194. The second-order valence-corrected chi connectivity index (χ2v) is 6.80. The quantitative estimate of drug-likeness (QED) is 0.0953. The molecule has 0 spiro atoms. The van der Waals surface area contributed by atoms with Gasteiger partial charge in [0.25, 0.3) is 0 Å². The fourth-order valence-corrected chi connectivity index (χ4v) is 2.84. The number of rotatable bonds is 9. The van der Waals surface area contributed by atoms with Crippen LogP contribution in [-0.4, -0.2) is 69.6 Å². The number of ether oxygens (including phenoxy) is 1. The summed E-state index contributed by atoms with van der Waals surface area (Å²) in [7, 11) is 1.77. The van der Waals surface area contributed by atoms with Crippen LogP contribution in [0, 0.1) is 0 Å². The molecule has 4 atom stereocenters. The van der Waals surface area contributed by atoms with Gasteiger partial charge < -0.3 is 37.4 Å². The third-order valence-corrected chi connectivity index (χ3v) is 4.36. The molecular weight excluding hydrogens is 396 g/mol. The van der Waals surface area contributed by atoms with Crippen molar-refractivity contribution >= 4 is 24.0 Å². The molecule has 0 unspecified atom stereocenters. The molecule has 13 heteroatoms. The van der Waals surface area contributed by atoms with Crippen molar-refractivity contribution in [2.24, 2.45) is 16.7 Å². The van der Waals surface area contributed by atoms with Gasteiger partial charge in [0, 0.05) is 32.3 Å². The zero-order chi connectivity index (χ0) is 22.3. The van der Waals surface area contributed by atoms with E-state index >= 15 is 0 Å². The van der Waals surface area contributed by atoms with Gasteiger partial charge in [-0.2, -0.15) is 10.1 Å². The van der Waals surface area contributed by atoms with Gasteiger partial charge in [-0.1, -0.05) is 6.08 Å². The summed E-state index contributed by atoms with van der Waals surface area (Å²) in [6.45, 7) is 0.547.